The van der Waals surface area contributed by atoms with Crippen LogP contribution in [0.15, 0.2) is 42.5 Å². The van der Waals surface area contributed by atoms with Gasteiger partial charge < -0.3 is 18.9 Å². The van der Waals surface area contributed by atoms with Crippen molar-refractivity contribution in [3.63, 3.8) is 0 Å². The Morgan fingerprint density at radius 2 is 1.77 bits per heavy atom. The van der Waals surface area contributed by atoms with Crippen molar-refractivity contribution in [3.05, 3.63) is 64.2 Å². The van der Waals surface area contributed by atoms with Crippen molar-refractivity contribution in [2.75, 3.05) is 13.2 Å². The zero-order valence-electron chi connectivity index (χ0n) is 17.9. The van der Waals surface area contributed by atoms with Crippen molar-refractivity contribution in [1.29, 1.82) is 0 Å². The number of halogens is 1. The summed E-state index contributed by atoms with van der Waals surface area (Å²) in [6.45, 7) is 5.50. The number of carbonyl (C=O) groups is 2. The summed E-state index contributed by atoms with van der Waals surface area (Å²) in [5.41, 5.74) is 2.90. The van der Waals surface area contributed by atoms with Crippen LogP contribution in [0.25, 0.3) is 0 Å². The van der Waals surface area contributed by atoms with Gasteiger partial charge in [0.15, 0.2) is 0 Å². The average molecular weight is 447 g/mol. The smallest absolute Gasteiger partial charge is 0.303 e. The van der Waals surface area contributed by atoms with Crippen LogP contribution in [0.2, 0.25) is 5.02 Å². The van der Waals surface area contributed by atoms with Gasteiger partial charge in [-0.05, 0) is 48.2 Å². The highest BCUT2D eigenvalue weighted by atomic mass is 35.5. The molecule has 1 saturated heterocycles. The summed E-state index contributed by atoms with van der Waals surface area (Å²) >= 11 is 6.46. The quantitative estimate of drug-likeness (QED) is 0.576. The summed E-state index contributed by atoms with van der Waals surface area (Å²) in [6.07, 6.45) is -0.461. The van der Waals surface area contributed by atoms with Gasteiger partial charge in [0.1, 0.15) is 24.1 Å². The zero-order chi connectivity index (χ0) is 22.4. The molecule has 3 rings (SSSR count). The van der Waals surface area contributed by atoms with Crippen molar-refractivity contribution in [2.24, 2.45) is 0 Å². The summed E-state index contributed by atoms with van der Waals surface area (Å²) in [5, 5.41) is 0.648. The van der Waals surface area contributed by atoms with Crippen molar-refractivity contribution >= 4 is 23.5 Å². The minimum atomic E-state index is -0.560. The lowest BCUT2D eigenvalue weighted by Crippen LogP contribution is -2.40. The molecule has 0 radical (unpaired) electrons. The largest absolute Gasteiger partial charge is 0.494 e. The van der Waals surface area contributed by atoms with E-state index in [9.17, 15) is 9.59 Å². The highest BCUT2D eigenvalue weighted by Crippen LogP contribution is 2.34. The lowest BCUT2D eigenvalue weighted by atomic mass is 9.94. The first-order valence-electron chi connectivity index (χ1n) is 10.3. The van der Waals surface area contributed by atoms with E-state index in [1.54, 1.807) is 0 Å². The molecule has 6 nitrogen and oxygen atoms in total. The van der Waals surface area contributed by atoms with Crippen LogP contribution >= 0.6 is 11.6 Å². The molecule has 1 aliphatic heterocycles. The minimum absolute atomic E-state index is 0.235. The molecule has 0 bridgehead atoms. The third kappa shape index (κ3) is 6.45. The van der Waals surface area contributed by atoms with Crippen molar-refractivity contribution in [3.8, 4) is 5.75 Å². The molecule has 7 heteroatoms. The maximum atomic E-state index is 11.6. The van der Waals surface area contributed by atoms with Crippen LogP contribution in [-0.4, -0.2) is 37.4 Å². The Balaban J connectivity index is 1.79. The van der Waals surface area contributed by atoms with Crippen LogP contribution < -0.4 is 4.74 Å². The first-order valence-corrected chi connectivity index (χ1v) is 10.7. The van der Waals surface area contributed by atoms with Gasteiger partial charge in [0.05, 0.1) is 13.2 Å². The topological polar surface area (TPSA) is 71.1 Å². The van der Waals surface area contributed by atoms with Crippen molar-refractivity contribution in [2.45, 2.75) is 51.9 Å². The Labute approximate surface area is 187 Å². The SMILES string of the molecule is CCOc1ccc(Cc2cc(C3OCC(OC(C)=O)CC3OC(C)=O)ccc2Cl)cc1. The molecular weight excluding hydrogens is 420 g/mol. The number of carbonyl (C=O) groups excluding carboxylic acids is 2. The molecule has 3 atom stereocenters. The lowest BCUT2D eigenvalue weighted by molar-refractivity contribution is -0.183. The Morgan fingerprint density at radius 3 is 2.42 bits per heavy atom. The van der Waals surface area contributed by atoms with Crippen LogP contribution in [0.4, 0.5) is 0 Å². The molecular formula is C24H27ClO6. The molecule has 1 heterocycles. The van der Waals surface area contributed by atoms with Gasteiger partial charge in [-0.3, -0.25) is 9.59 Å². The number of benzene rings is 2. The molecule has 166 valence electrons. The Kier molecular flexibility index (Phi) is 7.93. The van der Waals surface area contributed by atoms with Crippen molar-refractivity contribution in [1.82, 2.24) is 0 Å². The van der Waals surface area contributed by atoms with Crippen LogP contribution in [0.1, 0.15) is 50.0 Å². The summed E-state index contributed by atoms with van der Waals surface area (Å²) < 4.78 is 22.2. The number of hydrogen-bond acceptors (Lipinski definition) is 6. The fraction of sp³-hybridized carbons (Fsp3) is 0.417. The number of hydrogen-bond donors (Lipinski definition) is 0. The minimum Gasteiger partial charge on any atom is -0.494 e. The Bertz CT molecular complexity index is 911. The van der Waals surface area contributed by atoms with E-state index in [4.69, 9.17) is 30.5 Å². The fourth-order valence-electron chi connectivity index (χ4n) is 3.72. The zero-order valence-corrected chi connectivity index (χ0v) is 18.7. The van der Waals surface area contributed by atoms with Gasteiger partial charge in [-0.25, -0.2) is 0 Å². The molecule has 1 aliphatic rings. The highest BCUT2D eigenvalue weighted by molar-refractivity contribution is 6.31. The van der Waals surface area contributed by atoms with Gasteiger partial charge in [-0.2, -0.15) is 0 Å². The first kappa shape index (κ1) is 23.1. The number of ether oxygens (including phenoxy) is 4. The van der Waals surface area contributed by atoms with Gasteiger partial charge in [0, 0.05) is 25.3 Å². The maximum Gasteiger partial charge on any atom is 0.303 e. The van der Waals surface area contributed by atoms with E-state index in [2.05, 4.69) is 0 Å². The fourth-order valence-corrected chi connectivity index (χ4v) is 3.90. The number of esters is 2. The van der Waals surface area contributed by atoms with E-state index in [0.29, 0.717) is 24.5 Å². The summed E-state index contributed by atoms with van der Waals surface area (Å²) in [5.74, 6) is 0.0247. The molecule has 0 spiro atoms. The van der Waals surface area contributed by atoms with E-state index >= 15 is 0 Å². The van der Waals surface area contributed by atoms with Gasteiger partial charge >= 0.3 is 11.9 Å². The molecule has 1 fully saturated rings. The Morgan fingerprint density at radius 1 is 1.06 bits per heavy atom. The molecule has 0 amide bonds. The molecule has 0 aliphatic carbocycles. The standard InChI is InChI=1S/C24H27ClO6/c1-4-28-20-8-5-17(6-9-20)11-19-12-18(7-10-22(19)25)24-23(31-16(3)27)13-21(14-29-24)30-15(2)26/h5-10,12,21,23-24H,4,11,13-14H2,1-3H3. The number of rotatable bonds is 7. The van der Waals surface area contributed by atoms with Crippen LogP contribution in [0.3, 0.4) is 0 Å². The monoisotopic (exact) mass is 446 g/mol. The van der Waals surface area contributed by atoms with E-state index in [1.807, 2.05) is 49.4 Å². The van der Waals surface area contributed by atoms with Gasteiger partial charge in [0.25, 0.3) is 0 Å². The Hall–Kier alpha value is -2.57. The third-order valence-corrected chi connectivity index (χ3v) is 5.34. The molecule has 0 saturated carbocycles. The molecule has 2 aromatic carbocycles. The average Bonchev–Trinajstić information content (AvgIpc) is 2.71. The van der Waals surface area contributed by atoms with E-state index in [1.165, 1.54) is 13.8 Å². The highest BCUT2D eigenvalue weighted by Gasteiger charge is 2.36. The summed E-state index contributed by atoms with van der Waals surface area (Å²) in [4.78, 5) is 22.9. The molecule has 3 unspecified atom stereocenters. The normalized spacial score (nSPS) is 20.7. The second-order valence-corrected chi connectivity index (χ2v) is 7.88. The third-order valence-electron chi connectivity index (χ3n) is 4.97. The second-order valence-electron chi connectivity index (χ2n) is 7.47. The van der Waals surface area contributed by atoms with E-state index in [0.717, 1.165) is 22.4 Å². The van der Waals surface area contributed by atoms with E-state index in [-0.39, 0.29) is 6.61 Å². The van der Waals surface area contributed by atoms with Crippen LogP contribution in [-0.2, 0) is 30.2 Å². The summed E-state index contributed by atoms with van der Waals surface area (Å²) in [7, 11) is 0. The first-order chi connectivity index (χ1) is 14.9. The molecule has 2 aromatic rings. The van der Waals surface area contributed by atoms with Crippen LogP contribution in [0.5, 0.6) is 5.75 Å². The second kappa shape index (κ2) is 10.6. The predicted octanol–water partition coefficient (Wildman–Crippen LogP) is 4.65. The van der Waals surface area contributed by atoms with Gasteiger partial charge in [-0.1, -0.05) is 35.9 Å². The lowest BCUT2D eigenvalue weighted by Gasteiger charge is -2.35. The van der Waals surface area contributed by atoms with Gasteiger partial charge in [0.2, 0.25) is 0 Å². The molecule has 0 aromatic heterocycles. The summed E-state index contributed by atoms with van der Waals surface area (Å²) in [6, 6.07) is 13.6. The predicted molar refractivity (Wildman–Crippen MR) is 116 cm³/mol. The van der Waals surface area contributed by atoms with Crippen molar-refractivity contribution < 1.29 is 28.5 Å². The maximum absolute atomic E-state index is 11.6. The van der Waals surface area contributed by atoms with Crippen LogP contribution in [0, 0.1) is 0 Å². The molecule has 0 N–H and O–H groups in total. The molecule has 31 heavy (non-hydrogen) atoms. The van der Waals surface area contributed by atoms with E-state index < -0.39 is 30.3 Å². The van der Waals surface area contributed by atoms with Gasteiger partial charge in [-0.15, -0.1) is 0 Å².